The van der Waals surface area contributed by atoms with Crippen molar-refractivity contribution in [1.82, 2.24) is 9.97 Å². The molecule has 5 heteroatoms. The van der Waals surface area contributed by atoms with E-state index in [1.165, 1.54) is 6.42 Å². The predicted octanol–water partition coefficient (Wildman–Crippen LogP) is 4.84. The molecule has 0 saturated heterocycles. The summed E-state index contributed by atoms with van der Waals surface area (Å²) in [4.78, 5) is 15.1. The maximum atomic E-state index is 5.30. The summed E-state index contributed by atoms with van der Waals surface area (Å²) in [5.74, 6) is 0.751. The van der Waals surface area contributed by atoms with Gasteiger partial charge < -0.3 is 4.84 Å². The summed E-state index contributed by atoms with van der Waals surface area (Å²) in [5, 5.41) is 5.04. The van der Waals surface area contributed by atoms with E-state index in [4.69, 9.17) is 4.84 Å². The molecule has 4 nitrogen and oxygen atoms in total. The van der Waals surface area contributed by atoms with Crippen LogP contribution in [0.2, 0.25) is 0 Å². The van der Waals surface area contributed by atoms with E-state index in [0.717, 1.165) is 39.9 Å². The Hall–Kier alpha value is -1.75. The zero-order valence-corrected chi connectivity index (χ0v) is 14.3. The first-order valence-corrected chi connectivity index (χ1v) is 8.48. The molecule has 0 radical (unpaired) electrons. The maximum Gasteiger partial charge on any atom is 0.143 e. The lowest BCUT2D eigenvalue weighted by atomic mass is 10.1. The van der Waals surface area contributed by atoms with E-state index in [2.05, 4.69) is 29.0 Å². The summed E-state index contributed by atoms with van der Waals surface area (Å²) in [6.45, 7) is 6.92. The Labute approximate surface area is 136 Å². The van der Waals surface area contributed by atoms with E-state index in [9.17, 15) is 0 Å². The van der Waals surface area contributed by atoms with E-state index in [1.54, 1.807) is 11.3 Å². The van der Waals surface area contributed by atoms with Crippen molar-refractivity contribution in [3.63, 3.8) is 0 Å². The van der Waals surface area contributed by atoms with Gasteiger partial charge in [-0.25, -0.2) is 4.98 Å². The number of unbranched alkanes of at least 4 members (excludes halogenated alkanes) is 1. The zero-order chi connectivity index (χ0) is 15.8. The van der Waals surface area contributed by atoms with Crippen LogP contribution in [0.15, 0.2) is 29.7 Å². The van der Waals surface area contributed by atoms with Crippen LogP contribution in [0.4, 0.5) is 0 Å². The monoisotopic (exact) mass is 317 g/mol. The van der Waals surface area contributed by atoms with Crippen LogP contribution in [-0.2, 0) is 11.4 Å². The smallest absolute Gasteiger partial charge is 0.143 e. The predicted molar refractivity (Wildman–Crippen MR) is 92.1 cm³/mol. The van der Waals surface area contributed by atoms with Gasteiger partial charge in [0.1, 0.15) is 6.61 Å². The zero-order valence-electron chi connectivity index (χ0n) is 13.5. The van der Waals surface area contributed by atoms with Crippen LogP contribution in [-0.4, -0.2) is 16.2 Å². The Morgan fingerprint density at radius 3 is 2.77 bits per heavy atom. The minimum atomic E-state index is 0.454. The normalized spacial score (nSPS) is 11.5. The lowest BCUT2D eigenvalue weighted by Crippen LogP contribution is -1.91. The number of aromatic nitrogens is 2. The molecule has 0 amide bonds. The second-order valence-electron chi connectivity index (χ2n) is 5.68. The number of nitrogens with zero attached hydrogens (tertiary/aromatic N) is 3. The molecule has 2 aromatic rings. The molecule has 118 valence electrons. The molecule has 2 aromatic heterocycles. The number of aryl methyl sites for hydroxylation is 1. The number of thiazole rings is 1. The third-order valence-corrected chi connectivity index (χ3v) is 4.13. The standard InChI is InChI=1S/C17H23N3OS/c1-13(2)6-4-5-9-20-21-12-15-7-8-16(19-10-15)17-11-18-14(3)22-17/h7-11,13H,4-6,12H2,1-3H3/b20-9+. The van der Waals surface area contributed by atoms with Crippen LogP contribution < -0.4 is 0 Å². The van der Waals surface area contributed by atoms with E-state index in [-0.39, 0.29) is 0 Å². The molecule has 22 heavy (non-hydrogen) atoms. The number of pyridine rings is 1. The molecule has 0 aliphatic heterocycles. The Kier molecular flexibility index (Phi) is 6.52. The number of oxime groups is 1. The fraction of sp³-hybridized carbons (Fsp3) is 0.471. The highest BCUT2D eigenvalue weighted by Gasteiger charge is 2.03. The lowest BCUT2D eigenvalue weighted by molar-refractivity contribution is 0.131. The third-order valence-electron chi connectivity index (χ3n) is 3.19. The van der Waals surface area contributed by atoms with Crippen molar-refractivity contribution in [2.45, 2.75) is 46.6 Å². The highest BCUT2D eigenvalue weighted by Crippen LogP contribution is 2.23. The molecule has 0 fully saturated rings. The van der Waals surface area contributed by atoms with Gasteiger partial charge in [-0.05, 0) is 31.7 Å². The summed E-state index contributed by atoms with van der Waals surface area (Å²) in [5.41, 5.74) is 1.97. The van der Waals surface area contributed by atoms with Crippen molar-refractivity contribution in [3.05, 3.63) is 35.1 Å². The second kappa shape index (κ2) is 8.63. The van der Waals surface area contributed by atoms with Gasteiger partial charge in [0.15, 0.2) is 0 Å². The highest BCUT2D eigenvalue weighted by atomic mass is 32.1. The van der Waals surface area contributed by atoms with Crippen molar-refractivity contribution in [2.24, 2.45) is 11.1 Å². The number of hydrogen-bond acceptors (Lipinski definition) is 5. The summed E-state index contributed by atoms with van der Waals surface area (Å²) < 4.78 is 0. The summed E-state index contributed by atoms with van der Waals surface area (Å²) >= 11 is 1.65. The van der Waals surface area contributed by atoms with Gasteiger partial charge in [-0.15, -0.1) is 11.3 Å². The minimum Gasteiger partial charge on any atom is -0.391 e. The van der Waals surface area contributed by atoms with Crippen molar-refractivity contribution >= 4 is 17.6 Å². The molecule has 0 unspecified atom stereocenters. The SMILES string of the molecule is Cc1ncc(-c2ccc(CO/N=C/CCCC(C)C)cn2)s1. The minimum absolute atomic E-state index is 0.454. The average molecular weight is 317 g/mol. The molecule has 0 saturated carbocycles. The average Bonchev–Trinajstić information content (AvgIpc) is 2.93. The van der Waals surface area contributed by atoms with Crippen molar-refractivity contribution in [2.75, 3.05) is 0 Å². The van der Waals surface area contributed by atoms with E-state index >= 15 is 0 Å². The van der Waals surface area contributed by atoms with Crippen LogP contribution in [0.5, 0.6) is 0 Å². The molecule has 0 aromatic carbocycles. The molecule has 0 aliphatic carbocycles. The molecule has 0 spiro atoms. The third kappa shape index (κ3) is 5.56. The maximum absolute atomic E-state index is 5.30. The van der Waals surface area contributed by atoms with Crippen LogP contribution in [0.25, 0.3) is 10.6 Å². The fourth-order valence-electron chi connectivity index (χ4n) is 1.97. The Bertz CT molecular complexity index is 590. The first kappa shape index (κ1) is 16.6. The van der Waals surface area contributed by atoms with Gasteiger partial charge in [-0.1, -0.05) is 31.5 Å². The van der Waals surface area contributed by atoms with Gasteiger partial charge in [-0.2, -0.15) is 0 Å². The van der Waals surface area contributed by atoms with Crippen LogP contribution in [0, 0.1) is 12.8 Å². The largest absolute Gasteiger partial charge is 0.391 e. The van der Waals surface area contributed by atoms with Crippen LogP contribution in [0.1, 0.15) is 43.7 Å². The summed E-state index contributed by atoms with van der Waals surface area (Å²) in [7, 11) is 0. The molecular weight excluding hydrogens is 294 g/mol. The molecule has 0 aliphatic rings. The topological polar surface area (TPSA) is 47.4 Å². The Balaban J connectivity index is 1.74. The van der Waals surface area contributed by atoms with E-state index < -0.39 is 0 Å². The van der Waals surface area contributed by atoms with Gasteiger partial charge in [0, 0.05) is 24.2 Å². The van der Waals surface area contributed by atoms with Crippen LogP contribution >= 0.6 is 11.3 Å². The molecule has 2 heterocycles. The molecule has 2 rings (SSSR count). The fourth-order valence-corrected chi connectivity index (χ4v) is 2.72. The summed E-state index contributed by atoms with van der Waals surface area (Å²) in [6, 6.07) is 4.02. The Morgan fingerprint density at radius 2 is 2.14 bits per heavy atom. The van der Waals surface area contributed by atoms with Crippen molar-refractivity contribution in [1.29, 1.82) is 0 Å². The van der Waals surface area contributed by atoms with E-state index in [1.807, 2.05) is 37.7 Å². The highest BCUT2D eigenvalue weighted by molar-refractivity contribution is 7.15. The quantitative estimate of drug-likeness (QED) is 0.397. The first-order chi connectivity index (χ1) is 10.6. The first-order valence-electron chi connectivity index (χ1n) is 7.66. The van der Waals surface area contributed by atoms with Gasteiger partial charge in [0.25, 0.3) is 0 Å². The van der Waals surface area contributed by atoms with Gasteiger partial charge >= 0.3 is 0 Å². The molecule has 0 N–H and O–H groups in total. The van der Waals surface area contributed by atoms with Gasteiger partial charge in [0.2, 0.25) is 0 Å². The molecular formula is C17H23N3OS. The van der Waals surface area contributed by atoms with E-state index in [0.29, 0.717) is 6.61 Å². The van der Waals surface area contributed by atoms with Crippen molar-refractivity contribution in [3.8, 4) is 10.6 Å². The Morgan fingerprint density at radius 1 is 1.27 bits per heavy atom. The van der Waals surface area contributed by atoms with Crippen LogP contribution in [0.3, 0.4) is 0 Å². The van der Waals surface area contributed by atoms with Gasteiger partial charge in [-0.3, -0.25) is 4.98 Å². The van der Waals surface area contributed by atoms with Crippen molar-refractivity contribution < 1.29 is 4.84 Å². The molecule has 0 bridgehead atoms. The second-order valence-corrected chi connectivity index (χ2v) is 6.92. The lowest BCUT2D eigenvalue weighted by Gasteiger charge is -2.02. The molecule has 0 atom stereocenters. The number of rotatable bonds is 8. The summed E-state index contributed by atoms with van der Waals surface area (Å²) in [6.07, 6.45) is 8.91. The van der Waals surface area contributed by atoms with Gasteiger partial charge in [0.05, 0.1) is 15.6 Å². The number of hydrogen-bond donors (Lipinski definition) is 0.